The van der Waals surface area contributed by atoms with E-state index >= 15 is 0 Å². The number of carbonyl (C=O) groups excluding carboxylic acids is 1. The van der Waals surface area contributed by atoms with Crippen LogP contribution in [-0.2, 0) is 14.6 Å². The van der Waals surface area contributed by atoms with E-state index in [1.165, 1.54) is 10.7 Å². The van der Waals surface area contributed by atoms with Gasteiger partial charge in [0.2, 0.25) is 4.90 Å². The molecule has 1 spiro atoms. The first-order valence-corrected chi connectivity index (χ1v) is 13.3. The summed E-state index contributed by atoms with van der Waals surface area (Å²) in [4.78, 5) is 24.3. The molecule has 1 unspecified atom stereocenters. The fraction of sp³-hybridized carbons (Fsp3) is 0.565. The van der Waals surface area contributed by atoms with E-state index in [1.54, 1.807) is 37.2 Å². The Morgan fingerprint density at radius 2 is 1.97 bits per heavy atom. The van der Waals surface area contributed by atoms with Gasteiger partial charge >= 0.3 is 6.03 Å². The SMILES string of the molecule is Cc1noc(C)c1[S+](=O)([O-])N1CCC2(CC1)C(=NC1CCCCC1)NC(=O)N2c1cccnc1. The van der Waals surface area contributed by atoms with Crippen LogP contribution >= 0.6 is 0 Å². The molecule has 10 nitrogen and oxygen atoms in total. The largest absolute Gasteiger partial charge is 0.593 e. The zero-order chi connectivity index (χ0) is 23.9. The summed E-state index contributed by atoms with van der Waals surface area (Å²) < 4.78 is 33.4. The number of amidine groups is 1. The number of nitrogens with one attached hydrogen (secondary N) is 1. The maximum Gasteiger partial charge on any atom is 0.328 e. The average molecular weight is 487 g/mol. The summed E-state index contributed by atoms with van der Waals surface area (Å²) in [7, 11) is -3.77. The lowest BCUT2D eigenvalue weighted by atomic mass is 9.85. The smallest absolute Gasteiger partial charge is 0.328 e. The molecule has 2 aromatic rings. The van der Waals surface area contributed by atoms with Crippen molar-refractivity contribution in [1.82, 2.24) is 19.8 Å². The van der Waals surface area contributed by atoms with E-state index in [1.807, 2.05) is 6.07 Å². The topological polar surface area (TPSA) is 127 Å². The van der Waals surface area contributed by atoms with Crippen molar-refractivity contribution < 1.29 is 18.1 Å². The first-order chi connectivity index (χ1) is 16.3. The first-order valence-electron chi connectivity index (χ1n) is 11.9. The van der Waals surface area contributed by atoms with Gasteiger partial charge in [-0.2, -0.15) is 0 Å². The maximum absolute atomic E-state index is 13.4. The Hall–Kier alpha value is -2.63. The van der Waals surface area contributed by atoms with E-state index in [9.17, 15) is 13.6 Å². The molecule has 2 aromatic heterocycles. The summed E-state index contributed by atoms with van der Waals surface area (Å²) in [6.07, 6.45) is 9.69. The number of nitrogens with zero attached hydrogens (tertiary/aromatic N) is 5. The van der Waals surface area contributed by atoms with E-state index in [-0.39, 0.29) is 35.8 Å². The van der Waals surface area contributed by atoms with Crippen LogP contribution in [0.25, 0.3) is 0 Å². The van der Waals surface area contributed by atoms with Crippen molar-refractivity contribution in [1.29, 1.82) is 0 Å². The van der Waals surface area contributed by atoms with Gasteiger partial charge in [0.05, 0.1) is 17.9 Å². The third-order valence-electron chi connectivity index (χ3n) is 7.20. The van der Waals surface area contributed by atoms with Gasteiger partial charge < -0.3 is 9.08 Å². The molecule has 2 aliphatic heterocycles. The molecule has 2 amide bonds. The number of amides is 2. The molecule has 1 N–H and O–H groups in total. The molecule has 5 rings (SSSR count). The number of anilines is 1. The Morgan fingerprint density at radius 3 is 2.59 bits per heavy atom. The molecular weight excluding hydrogens is 456 g/mol. The van der Waals surface area contributed by atoms with Gasteiger partial charge in [-0.3, -0.25) is 20.2 Å². The van der Waals surface area contributed by atoms with Crippen LogP contribution in [0.4, 0.5) is 10.5 Å². The van der Waals surface area contributed by atoms with Gasteiger partial charge in [-0.15, -0.1) is 4.31 Å². The number of aliphatic imine (C=N–C) groups is 1. The molecule has 3 fully saturated rings. The number of pyridine rings is 1. The quantitative estimate of drug-likeness (QED) is 0.660. The predicted octanol–water partition coefficient (Wildman–Crippen LogP) is 3.39. The number of carbonyl (C=O) groups is 1. The zero-order valence-corrected chi connectivity index (χ0v) is 20.3. The van der Waals surface area contributed by atoms with Gasteiger partial charge in [0, 0.05) is 26.2 Å². The number of urea groups is 1. The highest BCUT2D eigenvalue weighted by Gasteiger charge is 2.55. The van der Waals surface area contributed by atoms with Crippen molar-refractivity contribution in [3.63, 3.8) is 0 Å². The number of hydrogen-bond acceptors (Lipinski definition) is 7. The van der Waals surface area contributed by atoms with Crippen LogP contribution in [0.1, 0.15) is 56.4 Å². The maximum atomic E-state index is 13.4. The monoisotopic (exact) mass is 486 g/mol. The second-order valence-corrected chi connectivity index (χ2v) is 11.2. The van der Waals surface area contributed by atoms with Crippen molar-refractivity contribution in [3.05, 3.63) is 36.0 Å². The standard InChI is InChI=1S/C23H30N6O4S/c1-16-20(17(2)33-27-16)34(31,32)28-13-10-23(11-14-28)21(25-18-7-4-3-5-8-18)26-22(30)29(23)19-9-6-12-24-15-19/h6,9,12,15,18H,3-5,7-8,10-11,13-14H2,1-2H3,(H-,25,26,30,31,32). The van der Waals surface area contributed by atoms with Crippen LogP contribution in [0.2, 0.25) is 0 Å². The average Bonchev–Trinajstić information content (AvgIpc) is 3.31. The second-order valence-electron chi connectivity index (χ2n) is 9.34. The Balaban J connectivity index is 1.48. The second kappa shape index (κ2) is 8.86. The van der Waals surface area contributed by atoms with Crippen molar-refractivity contribution in [2.45, 2.75) is 75.3 Å². The molecule has 4 heterocycles. The van der Waals surface area contributed by atoms with Gasteiger partial charge in [0.1, 0.15) is 17.1 Å². The molecule has 0 aromatic carbocycles. The van der Waals surface area contributed by atoms with Gasteiger partial charge in [0.15, 0.2) is 16.2 Å². The number of aryl methyl sites for hydroxylation is 2. The first kappa shape index (κ1) is 23.1. The molecular formula is C23H30N6O4S. The van der Waals surface area contributed by atoms with Crippen LogP contribution in [0.3, 0.4) is 0 Å². The van der Waals surface area contributed by atoms with Crippen molar-refractivity contribution in [2.24, 2.45) is 4.99 Å². The lowest BCUT2D eigenvalue weighted by molar-refractivity contribution is 0.240. The minimum absolute atomic E-state index is 0.129. The number of rotatable bonds is 4. The van der Waals surface area contributed by atoms with E-state index in [2.05, 4.69) is 15.5 Å². The summed E-state index contributed by atoms with van der Waals surface area (Å²) in [5.41, 5.74) is 0.297. The zero-order valence-electron chi connectivity index (χ0n) is 19.5. The van der Waals surface area contributed by atoms with Crippen LogP contribution in [0.5, 0.6) is 0 Å². The van der Waals surface area contributed by atoms with Crippen LogP contribution in [-0.4, -0.2) is 55.5 Å². The predicted molar refractivity (Wildman–Crippen MR) is 126 cm³/mol. The van der Waals surface area contributed by atoms with Gasteiger partial charge in [0.25, 0.3) is 0 Å². The molecule has 182 valence electrons. The van der Waals surface area contributed by atoms with Crippen LogP contribution < -0.4 is 10.2 Å². The third kappa shape index (κ3) is 3.85. The third-order valence-corrected chi connectivity index (χ3v) is 9.35. The molecule has 34 heavy (non-hydrogen) atoms. The van der Waals surface area contributed by atoms with Gasteiger partial charge in [-0.1, -0.05) is 28.6 Å². The Labute approximate surface area is 200 Å². The highest BCUT2D eigenvalue weighted by Crippen LogP contribution is 2.40. The summed E-state index contributed by atoms with van der Waals surface area (Å²) in [5, 5.41) is 6.84. The number of aromatic nitrogens is 2. The van der Waals surface area contributed by atoms with E-state index in [4.69, 9.17) is 9.52 Å². The Bertz CT molecular complexity index is 1120. The fourth-order valence-corrected chi connectivity index (χ4v) is 7.23. The number of sulfonamides is 1. The fourth-order valence-electron chi connectivity index (χ4n) is 5.50. The molecule has 0 bridgehead atoms. The van der Waals surface area contributed by atoms with Gasteiger partial charge in [-0.25, -0.2) is 4.79 Å². The van der Waals surface area contributed by atoms with E-state index < -0.39 is 15.9 Å². The molecule has 1 aliphatic carbocycles. The molecule has 11 heteroatoms. The molecule has 1 atom stereocenters. The summed E-state index contributed by atoms with van der Waals surface area (Å²) in [5.74, 6) is 0.940. The van der Waals surface area contributed by atoms with Crippen molar-refractivity contribution in [2.75, 3.05) is 18.0 Å². The summed E-state index contributed by atoms with van der Waals surface area (Å²) >= 11 is 0. The molecule has 0 radical (unpaired) electrons. The minimum atomic E-state index is -3.77. The lowest BCUT2D eigenvalue weighted by Gasteiger charge is -2.43. The number of hydrogen-bond donors (Lipinski definition) is 1. The lowest BCUT2D eigenvalue weighted by Crippen LogP contribution is -2.58. The minimum Gasteiger partial charge on any atom is -0.593 e. The van der Waals surface area contributed by atoms with E-state index in [0.717, 1.165) is 25.7 Å². The van der Waals surface area contributed by atoms with Gasteiger partial charge in [-0.05, 0) is 44.7 Å². The molecule has 3 aliphatic rings. The normalized spacial score (nSPS) is 24.5. The highest BCUT2D eigenvalue weighted by molar-refractivity contribution is 7.95. The molecule has 2 saturated heterocycles. The van der Waals surface area contributed by atoms with Crippen LogP contribution in [0.15, 0.2) is 38.9 Å². The Morgan fingerprint density at radius 1 is 1.24 bits per heavy atom. The highest BCUT2D eigenvalue weighted by atomic mass is 32.3. The summed E-state index contributed by atoms with van der Waals surface area (Å²) in [6.45, 7) is 3.74. The van der Waals surface area contributed by atoms with Crippen molar-refractivity contribution in [3.8, 4) is 0 Å². The Kier molecular flexibility index (Phi) is 6.03. The van der Waals surface area contributed by atoms with Crippen molar-refractivity contribution >= 4 is 28.0 Å². The molecule has 1 saturated carbocycles. The number of piperidine rings is 1. The van der Waals surface area contributed by atoms with E-state index in [0.29, 0.717) is 30.1 Å². The summed E-state index contributed by atoms with van der Waals surface area (Å²) in [6, 6.07) is 3.58. The van der Waals surface area contributed by atoms with Crippen LogP contribution in [0, 0.1) is 13.8 Å².